The molecule has 0 amide bonds. The predicted octanol–water partition coefficient (Wildman–Crippen LogP) is 5.26. The van der Waals surface area contributed by atoms with Crippen molar-refractivity contribution >= 4 is 15.6 Å². The Morgan fingerprint density at radius 1 is 1.03 bits per heavy atom. The molecule has 1 saturated carbocycles. The molecule has 4 rings (SSSR count). The highest BCUT2D eigenvalue weighted by Gasteiger charge is 2.45. The molecule has 0 aliphatic heterocycles. The van der Waals surface area contributed by atoms with Gasteiger partial charge in [0.15, 0.2) is 5.72 Å². The molecular weight excluding hydrogens is 434 g/mol. The monoisotopic (exact) mass is 453 g/mol. The lowest BCUT2D eigenvalue weighted by atomic mass is 9.91. The minimum absolute atomic E-state index is 0.205. The molecule has 1 atom stereocenters. The van der Waals surface area contributed by atoms with E-state index in [1.165, 1.54) is 36.4 Å². The lowest BCUT2D eigenvalue weighted by Crippen LogP contribution is -2.53. The third kappa shape index (κ3) is 4.73. The Balaban J connectivity index is 1.67. The van der Waals surface area contributed by atoms with Gasteiger partial charge in [0, 0.05) is 6.42 Å². The van der Waals surface area contributed by atoms with Gasteiger partial charge in [0.25, 0.3) is 0 Å². The highest BCUT2D eigenvalue weighted by atomic mass is 32.2. The summed E-state index contributed by atoms with van der Waals surface area (Å²) in [4.78, 5) is -0.205. The van der Waals surface area contributed by atoms with Gasteiger partial charge in [-0.05, 0) is 65.8 Å². The first-order chi connectivity index (χ1) is 14.7. The van der Waals surface area contributed by atoms with Crippen molar-refractivity contribution in [2.24, 2.45) is 0 Å². The van der Waals surface area contributed by atoms with E-state index in [1.807, 2.05) is 4.72 Å². The summed E-state index contributed by atoms with van der Waals surface area (Å²) in [5.74, 6) is -1.41. The summed E-state index contributed by atoms with van der Waals surface area (Å²) in [6, 6.07) is 11.2. The fourth-order valence-corrected chi connectivity index (χ4v) is 4.84. The molecule has 0 saturated heterocycles. The molecule has 2 aliphatic carbocycles. The van der Waals surface area contributed by atoms with Crippen molar-refractivity contribution in [2.45, 2.75) is 42.4 Å². The molecule has 2 aliphatic rings. The van der Waals surface area contributed by atoms with Crippen LogP contribution >= 0.6 is 0 Å². The van der Waals surface area contributed by atoms with Crippen LogP contribution in [0.25, 0.3) is 5.57 Å². The number of hydrogen-bond acceptors (Lipinski definition) is 3. The van der Waals surface area contributed by atoms with Gasteiger partial charge >= 0.3 is 6.61 Å². The Morgan fingerprint density at radius 3 is 2.35 bits per heavy atom. The predicted molar refractivity (Wildman–Crippen MR) is 107 cm³/mol. The van der Waals surface area contributed by atoms with E-state index >= 15 is 0 Å². The number of rotatable bonds is 7. The molecule has 164 valence electrons. The number of alkyl halides is 2. The van der Waals surface area contributed by atoms with Crippen LogP contribution in [-0.4, -0.2) is 20.8 Å². The summed E-state index contributed by atoms with van der Waals surface area (Å²) in [6.45, 7) is -3.47. The van der Waals surface area contributed by atoms with Gasteiger partial charge < -0.3 is 0 Å². The Bertz CT molecular complexity index is 1140. The van der Waals surface area contributed by atoms with Crippen LogP contribution in [0, 0.1) is 5.82 Å². The van der Waals surface area contributed by atoms with E-state index in [9.17, 15) is 26.0 Å². The maximum absolute atomic E-state index is 14.8. The van der Waals surface area contributed by atoms with E-state index in [4.69, 9.17) is 0 Å². The summed E-state index contributed by atoms with van der Waals surface area (Å²) in [5, 5.41) is 0. The number of allylic oxidation sites excluding steroid dienone is 2. The molecule has 9 heteroatoms. The molecule has 1 fully saturated rings. The highest BCUT2D eigenvalue weighted by molar-refractivity contribution is 7.89. The average molecular weight is 453 g/mol. The van der Waals surface area contributed by atoms with Crippen molar-refractivity contribution in [3.63, 3.8) is 0 Å². The number of halogens is 4. The van der Waals surface area contributed by atoms with Crippen molar-refractivity contribution in [1.82, 2.24) is 4.72 Å². The first kappa shape index (κ1) is 21.7. The molecule has 0 aromatic heterocycles. The van der Waals surface area contributed by atoms with E-state index in [2.05, 4.69) is 4.74 Å². The molecular formula is C22H19F4NO3S. The fourth-order valence-electron chi connectivity index (χ4n) is 3.58. The van der Waals surface area contributed by atoms with Gasteiger partial charge in [0.2, 0.25) is 10.0 Å². The molecule has 2 aromatic rings. The number of sulfonamides is 1. The van der Waals surface area contributed by atoms with E-state index in [-0.39, 0.29) is 10.5 Å². The van der Waals surface area contributed by atoms with Gasteiger partial charge in [0.1, 0.15) is 11.6 Å². The minimum atomic E-state index is -4.42. The molecule has 0 heterocycles. The second kappa shape index (κ2) is 8.22. The third-order valence-electron chi connectivity index (χ3n) is 5.28. The first-order valence-corrected chi connectivity index (χ1v) is 11.1. The zero-order valence-corrected chi connectivity index (χ0v) is 17.0. The lowest BCUT2D eigenvalue weighted by molar-refractivity contribution is -0.203. The molecule has 0 radical (unpaired) electrons. The van der Waals surface area contributed by atoms with Crippen LogP contribution < -0.4 is 4.72 Å². The fraction of sp³-hybridized carbons (Fsp3) is 0.273. The lowest BCUT2D eigenvalue weighted by Gasteiger charge is -2.35. The van der Waals surface area contributed by atoms with Gasteiger partial charge in [-0.1, -0.05) is 30.3 Å². The summed E-state index contributed by atoms with van der Waals surface area (Å²) < 4.78 is 87.2. The van der Waals surface area contributed by atoms with Crippen molar-refractivity contribution in [3.8, 4) is 0 Å². The van der Waals surface area contributed by atoms with Gasteiger partial charge in [-0.2, -0.15) is 13.5 Å². The normalized spacial score (nSPS) is 21.7. The summed E-state index contributed by atoms with van der Waals surface area (Å²) in [6.07, 6.45) is 3.57. The maximum atomic E-state index is 14.8. The SMILES string of the molecule is O=S(=O)(NC1(OC(F)F)CC(c2cccc(F)c2)=CC=C1F)c1ccc(C2CC2)cc1. The van der Waals surface area contributed by atoms with Crippen LogP contribution in [-0.2, 0) is 14.8 Å². The molecule has 2 aromatic carbocycles. The summed E-state index contributed by atoms with van der Waals surface area (Å²) in [7, 11) is -4.42. The topological polar surface area (TPSA) is 55.4 Å². The van der Waals surface area contributed by atoms with E-state index in [0.717, 1.165) is 30.5 Å². The number of ether oxygens (including phenoxy) is 1. The highest BCUT2D eigenvalue weighted by Crippen LogP contribution is 2.41. The molecule has 31 heavy (non-hydrogen) atoms. The summed E-state index contributed by atoms with van der Waals surface area (Å²) in [5.41, 5.74) is -1.16. The summed E-state index contributed by atoms with van der Waals surface area (Å²) >= 11 is 0. The van der Waals surface area contributed by atoms with Crippen molar-refractivity contribution in [1.29, 1.82) is 0 Å². The zero-order valence-electron chi connectivity index (χ0n) is 16.2. The Labute approximate surface area is 177 Å². The van der Waals surface area contributed by atoms with Crippen molar-refractivity contribution in [3.05, 3.63) is 83.5 Å². The van der Waals surface area contributed by atoms with Crippen LogP contribution in [0.1, 0.15) is 36.3 Å². The number of benzene rings is 2. The van der Waals surface area contributed by atoms with Gasteiger partial charge in [-0.25, -0.2) is 17.2 Å². The van der Waals surface area contributed by atoms with Crippen LogP contribution in [0.3, 0.4) is 0 Å². The first-order valence-electron chi connectivity index (χ1n) is 9.61. The van der Waals surface area contributed by atoms with Crippen LogP contribution in [0.5, 0.6) is 0 Å². The van der Waals surface area contributed by atoms with Gasteiger partial charge in [-0.3, -0.25) is 4.74 Å². The van der Waals surface area contributed by atoms with E-state index in [1.54, 1.807) is 12.1 Å². The molecule has 4 nitrogen and oxygen atoms in total. The van der Waals surface area contributed by atoms with E-state index < -0.39 is 40.4 Å². The van der Waals surface area contributed by atoms with E-state index in [0.29, 0.717) is 11.5 Å². The smallest absolute Gasteiger partial charge is 0.293 e. The van der Waals surface area contributed by atoms with Crippen LogP contribution in [0.2, 0.25) is 0 Å². The van der Waals surface area contributed by atoms with Crippen molar-refractivity contribution in [2.75, 3.05) is 0 Å². The minimum Gasteiger partial charge on any atom is -0.293 e. The molecule has 0 bridgehead atoms. The third-order valence-corrected chi connectivity index (χ3v) is 6.77. The molecule has 0 spiro atoms. The molecule has 1 unspecified atom stereocenters. The quantitative estimate of drug-likeness (QED) is 0.460. The van der Waals surface area contributed by atoms with Crippen LogP contribution in [0.4, 0.5) is 17.6 Å². The Morgan fingerprint density at radius 2 is 1.74 bits per heavy atom. The second-order valence-corrected chi connectivity index (χ2v) is 9.23. The standard InChI is InChI=1S/C22H19F4NO3S/c23-18-3-1-2-16(12-18)17-8-11-20(24)22(13-17,30-21(25)26)27-31(28,29)19-9-6-15(7-10-19)14-4-5-14/h1-3,6-12,14,21,27H,4-5,13H2. The second-order valence-electron chi connectivity index (χ2n) is 7.55. The maximum Gasteiger partial charge on any atom is 0.347 e. The van der Waals surface area contributed by atoms with Gasteiger partial charge in [-0.15, -0.1) is 0 Å². The zero-order chi connectivity index (χ0) is 22.2. The van der Waals surface area contributed by atoms with Gasteiger partial charge in [0.05, 0.1) is 4.90 Å². The Kier molecular flexibility index (Phi) is 5.76. The Hall–Kier alpha value is -2.49. The number of nitrogens with one attached hydrogen (secondary N) is 1. The molecule has 1 N–H and O–H groups in total. The van der Waals surface area contributed by atoms with Crippen molar-refractivity contribution < 1.29 is 30.7 Å². The van der Waals surface area contributed by atoms with Crippen LogP contribution in [0.15, 0.2) is 71.4 Å². The number of hydrogen-bond donors (Lipinski definition) is 1. The largest absolute Gasteiger partial charge is 0.347 e. The average Bonchev–Trinajstić information content (AvgIpc) is 3.55.